The van der Waals surface area contributed by atoms with Gasteiger partial charge in [-0.1, -0.05) is 24.3 Å². The summed E-state index contributed by atoms with van der Waals surface area (Å²) in [5, 5.41) is 5.69. The fourth-order valence-corrected chi connectivity index (χ4v) is 4.26. The molecule has 0 N–H and O–H groups in total. The minimum absolute atomic E-state index is 0.101. The molecule has 1 aromatic carbocycles. The van der Waals surface area contributed by atoms with E-state index in [9.17, 15) is 4.79 Å². The van der Waals surface area contributed by atoms with Crippen LogP contribution in [-0.2, 0) is 22.7 Å². The Morgan fingerprint density at radius 2 is 2.04 bits per heavy atom. The van der Waals surface area contributed by atoms with Crippen molar-refractivity contribution < 1.29 is 18.7 Å². The Morgan fingerprint density at radius 3 is 2.85 bits per heavy atom. The summed E-state index contributed by atoms with van der Waals surface area (Å²) in [5.74, 6) is -0.333. The molecule has 0 saturated heterocycles. The Balaban J connectivity index is 1.52. The molecule has 0 unspecified atom stereocenters. The largest absolute Gasteiger partial charge is 0.453 e. The molecule has 0 aliphatic heterocycles. The summed E-state index contributed by atoms with van der Waals surface area (Å²) in [4.78, 5) is 18.1. The highest BCUT2D eigenvalue weighted by Crippen LogP contribution is 2.29. The number of carbonyl (C=O) groups is 1. The lowest BCUT2D eigenvalue weighted by atomic mass is 10.1. The zero-order chi connectivity index (χ0) is 17.9. The highest BCUT2D eigenvalue weighted by molar-refractivity contribution is 7.20. The number of nitrogens with zero attached hydrogens (tertiary/aromatic N) is 1. The molecule has 3 aromatic heterocycles. The molecular formula is C19H15NO4S2. The smallest absolute Gasteiger partial charge is 0.375 e. The van der Waals surface area contributed by atoms with E-state index < -0.39 is 5.97 Å². The number of hydrogen-bond donors (Lipinski definition) is 0. The Kier molecular flexibility index (Phi) is 4.83. The van der Waals surface area contributed by atoms with Crippen LogP contribution >= 0.6 is 22.7 Å². The van der Waals surface area contributed by atoms with Gasteiger partial charge in [0.2, 0.25) is 5.76 Å². The van der Waals surface area contributed by atoms with Gasteiger partial charge in [-0.3, -0.25) is 0 Å². The molecule has 0 spiro atoms. The molecule has 0 bridgehead atoms. The third-order valence-electron chi connectivity index (χ3n) is 3.81. The molecule has 4 rings (SSSR count). The van der Waals surface area contributed by atoms with E-state index in [1.54, 1.807) is 18.4 Å². The van der Waals surface area contributed by atoms with E-state index >= 15 is 0 Å². The second-order valence-corrected chi connectivity index (χ2v) is 7.34. The number of fused-ring (bicyclic) bond motifs is 1. The second kappa shape index (κ2) is 7.41. The van der Waals surface area contributed by atoms with Gasteiger partial charge in [0.15, 0.2) is 0 Å². The fourth-order valence-electron chi connectivity index (χ4n) is 2.64. The molecule has 132 valence electrons. The number of esters is 1. The lowest BCUT2D eigenvalue weighted by Gasteiger charge is -2.03. The lowest BCUT2D eigenvalue weighted by molar-refractivity contribution is 0.0428. The summed E-state index contributed by atoms with van der Waals surface area (Å²) in [6.45, 7) is 0.380. The number of hydrogen-bond acceptors (Lipinski definition) is 7. The van der Waals surface area contributed by atoms with Gasteiger partial charge >= 0.3 is 5.97 Å². The molecule has 26 heavy (non-hydrogen) atoms. The van der Waals surface area contributed by atoms with E-state index in [1.807, 2.05) is 47.2 Å². The zero-order valence-corrected chi connectivity index (χ0v) is 15.6. The van der Waals surface area contributed by atoms with Crippen molar-refractivity contribution in [3.05, 3.63) is 64.2 Å². The molecule has 0 amide bonds. The molecule has 7 heteroatoms. The number of methoxy groups -OCH3 is 1. The van der Waals surface area contributed by atoms with Crippen LogP contribution in [0.4, 0.5) is 0 Å². The van der Waals surface area contributed by atoms with Gasteiger partial charge in [-0.2, -0.15) is 0 Å². The molecule has 3 heterocycles. The van der Waals surface area contributed by atoms with E-state index in [2.05, 4.69) is 4.98 Å². The number of rotatable bonds is 6. The highest BCUT2D eigenvalue weighted by atomic mass is 32.1. The van der Waals surface area contributed by atoms with Crippen LogP contribution < -0.4 is 0 Å². The van der Waals surface area contributed by atoms with Crippen molar-refractivity contribution in [1.29, 1.82) is 0 Å². The normalized spacial score (nSPS) is 11.1. The van der Waals surface area contributed by atoms with Gasteiger partial charge in [0.1, 0.15) is 17.2 Å². The minimum Gasteiger partial charge on any atom is -0.453 e. The van der Waals surface area contributed by atoms with Gasteiger partial charge in [0.25, 0.3) is 0 Å². The second-order valence-electron chi connectivity index (χ2n) is 5.54. The van der Waals surface area contributed by atoms with Crippen LogP contribution in [0.15, 0.2) is 51.6 Å². The number of benzene rings is 1. The van der Waals surface area contributed by atoms with Gasteiger partial charge < -0.3 is 13.9 Å². The number of ether oxygens (including phenoxy) is 2. The number of para-hydroxylation sites is 1. The third kappa shape index (κ3) is 3.29. The summed E-state index contributed by atoms with van der Waals surface area (Å²) in [7, 11) is 1.58. The summed E-state index contributed by atoms with van der Waals surface area (Å²) < 4.78 is 16.3. The van der Waals surface area contributed by atoms with Crippen LogP contribution in [0.5, 0.6) is 0 Å². The lowest BCUT2D eigenvalue weighted by Crippen LogP contribution is -2.07. The number of furan rings is 1. The van der Waals surface area contributed by atoms with Crippen LogP contribution in [0.1, 0.15) is 21.8 Å². The van der Waals surface area contributed by atoms with E-state index in [0.29, 0.717) is 11.1 Å². The van der Waals surface area contributed by atoms with Crippen molar-refractivity contribution in [2.24, 2.45) is 0 Å². The summed E-state index contributed by atoms with van der Waals surface area (Å²) in [5.41, 5.74) is 2.06. The first-order valence-corrected chi connectivity index (χ1v) is 9.67. The minimum atomic E-state index is -0.515. The van der Waals surface area contributed by atoms with Crippen molar-refractivity contribution in [3.63, 3.8) is 0 Å². The first-order chi connectivity index (χ1) is 12.8. The van der Waals surface area contributed by atoms with E-state index in [0.717, 1.165) is 21.0 Å². The van der Waals surface area contributed by atoms with Crippen molar-refractivity contribution in [3.8, 4) is 9.88 Å². The van der Waals surface area contributed by atoms with Gasteiger partial charge in [-0.25, -0.2) is 9.78 Å². The third-order valence-corrected chi connectivity index (χ3v) is 5.74. The maximum absolute atomic E-state index is 12.5. The summed E-state index contributed by atoms with van der Waals surface area (Å²) in [6, 6.07) is 11.5. The number of thiazole rings is 1. The average molecular weight is 385 g/mol. The van der Waals surface area contributed by atoms with E-state index in [1.165, 1.54) is 11.3 Å². The Bertz CT molecular complexity index is 1030. The van der Waals surface area contributed by atoms with Crippen molar-refractivity contribution >= 4 is 39.6 Å². The molecule has 0 aliphatic rings. The molecule has 5 nitrogen and oxygen atoms in total. The standard InChI is InChI=1S/C19H15NO4S2/c1-22-10-14-13-5-2-3-6-15(13)24-17(14)19(21)23-9-12-11-26-18(20-12)16-7-4-8-25-16/h2-8,11H,9-10H2,1H3. The average Bonchev–Trinajstić information content (AvgIpc) is 3.39. The molecule has 0 fully saturated rings. The SMILES string of the molecule is COCc1c(C(=O)OCc2csc(-c3cccs3)n2)oc2ccccc12. The van der Waals surface area contributed by atoms with Crippen LogP contribution in [-0.4, -0.2) is 18.1 Å². The van der Waals surface area contributed by atoms with Crippen LogP contribution in [0, 0.1) is 0 Å². The van der Waals surface area contributed by atoms with Crippen molar-refractivity contribution in [2.75, 3.05) is 7.11 Å². The van der Waals surface area contributed by atoms with Crippen molar-refractivity contribution in [1.82, 2.24) is 4.98 Å². The quantitative estimate of drug-likeness (QED) is 0.431. The monoisotopic (exact) mass is 385 g/mol. The predicted molar refractivity (Wildman–Crippen MR) is 101 cm³/mol. The Labute approximate surface area is 157 Å². The van der Waals surface area contributed by atoms with Crippen molar-refractivity contribution in [2.45, 2.75) is 13.2 Å². The van der Waals surface area contributed by atoms with Gasteiger partial charge in [0.05, 0.1) is 17.2 Å². The van der Waals surface area contributed by atoms with Crippen LogP contribution in [0.25, 0.3) is 20.9 Å². The molecule has 4 aromatic rings. The molecule has 0 atom stereocenters. The van der Waals surface area contributed by atoms with E-state index in [-0.39, 0.29) is 19.0 Å². The molecule has 0 radical (unpaired) electrons. The fraction of sp³-hybridized carbons (Fsp3) is 0.158. The maximum Gasteiger partial charge on any atom is 0.375 e. The number of aromatic nitrogens is 1. The van der Waals surface area contributed by atoms with Gasteiger partial charge in [-0.15, -0.1) is 22.7 Å². The van der Waals surface area contributed by atoms with Crippen LogP contribution in [0.3, 0.4) is 0 Å². The predicted octanol–water partition coefficient (Wildman–Crippen LogP) is 5.12. The Morgan fingerprint density at radius 1 is 1.15 bits per heavy atom. The zero-order valence-electron chi connectivity index (χ0n) is 13.9. The summed E-state index contributed by atoms with van der Waals surface area (Å²) >= 11 is 3.17. The van der Waals surface area contributed by atoms with Gasteiger partial charge in [-0.05, 0) is 17.5 Å². The van der Waals surface area contributed by atoms with Crippen LogP contribution in [0.2, 0.25) is 0 Å². The topological polar surface area (TPSA) is 61.6 Å². The Hall–Kier alpha value is -2.48. The first-order valence-electron chi connectivity index (χ1n) is 7.91. The summed E-state index contributed by atoms with van der Waals surface area (Å²) in [6.07, 6.45) is 0. The molecular weight excluding hydrogens is 370 g/mol. The van der Waals surface area contributed by atoms with Gasteiger partial charge in [0, 0.05) is 23.4 Å². The first kappa shape index (κ1) is 17.0. The maximum atomic E-state index is 12.5. The number of thiophene rings is 1. The molecule has 0 saturated carbocycles. The highest BCUT2D eigenvalue weighted by Gasteiger charge is 2.22. The number of carbonyl (C=O) groups excluding carboxylic acids is 1. The molecule has 0 aliphatic carbocycles. The van der Waals surface area contributed by atoms with E-state index in [4.69, 9.17) is 13.9 Å².